The summed E-state index contributed by atoms with van der Waals surface area (Å²) in [5, 5.41) is 0. The molecule has 0 atom stereocenters. The molecule has 3 heteroatoms. The van der Waals surface area contributed by atoms with Crippen molar-refractivity contribution < 1.29 is 4.79 Å². The van der Waals surface area contributed by atoms with Crippen LogP contribution in [-0.2, 0) is 17.8 Å². The number of hydrogen-bond acceptors (Lipinski definition) is 2. The maximum Gasteiger partial charge on any atom is 0.219 e. The first-order valence-corrected chi connectivity index (χ1v) is 6.44. The maximum atomic E-state index is 11.7. The Balaban J connectivity index is 1.95. The standard InChI is InChI=1S/C16H18N2O/c1-14(19)18(13-16-7-10-17-11-8-16)12-9-15-5-3-2-4-6-15/h2-8,10-11H,9,12-13H2,1H3. The SMILES string of the molecule is CC(=O)N(CCc1ccccc1)Cc1ccncc1. The Kier molecular flexibility index (Phi) is 4.67. The first kappa shape index (κ1) is 13.3. The third-order valence-corrected chi connectivity index (χ3v) is 3.08. The molecule has 98 valence electrons. The van der Waals surface area contributed by atoms with E-state index in [-0.39, 0.29) is 5.91 Å². The molecule has 0 aliphatic rings. The van der Waals surface area contributed by atoms with Gasteiger partial charge >= 0.3 is 0 Å². The summed E-state index contributed by atoms with van der Waals surface area (Å²) < 4.78 is 0. The molecular weight excluding hydrogens is 236 g/mol. The quantitative estimate of drug-likeness (QED) is 0.822. The van der Waals surface area contributed by atoms with Crippen molar-refractivity contribution in [2.75, 3.05) is 6.54 Å². The largest absolute Gasteiger partial charge is 0.338 e. The van der Waals surface area contributed by atoms with E-state index in [9.17, 15) is 4.79 Å². The summed E-state index contributed by atoms with van der Waals surface area (Å²) in [6, 6.07) is 14.1. The van der Waals surface area contributed by atoms with Gasteiger partial charge in [-0.15, -0.1) is 0 Å². The number of hydrogen-bond donors (Lipinski definition) is 0. The van der Waals surface area contributed by atoms with E-state index < -0.39 is 0 Å². The summed E-state index contributed by atoms with van der Waals surface area (Å²) in [6.45, 7) is 3.00. The normalized spacial score (nSPS) is 10.2. The Hall–Kier alpha value is -2.16. The van der Waals surface area contributed by atoms with Crippen LogP contribution in [0.4, 0.5) is 0 Å². The van der Waals surface area contributed by atoms with Gasteiger partial charge < -0.3 is 4.90 Å². The first-order chi connectivity index (χ1) is 9.25. The third kappa shape index (κ3) is 4.21. The average molecular weight is 254 g/mol. The molecule has 0 unspecified atom stereocenters. The molecule has 2 rings (SSSR count). The molecule has 0 aliphatic carbocycles. The molecule has 1 aromatic heterocycles. The molecule has 0 N–H and O–H groups in total. The Labute approximate surface area is 113 Å². The van der Waals surface area contributed by atoms with Crippen LogP contribution in [0.1, 0.15) is 18.1 Å². The topological polar surface area (TPSA) is 33.2 Å². The number of rotatable bonds is 5. The predicted molar refractivity (Wildman–Crippen MR) is 75.5 cm³/mol. The van der Waals surface area contributed by atoms with Gasteiger partial charge in [0.05, 0.1) is 0 Å². The molecule has 0 bridgehead atoms. The summed E-state index contributed by atoms with van der Waals surface area (Å²) >= 11 is 0. The monoisotopic (exact) mass is 254 g/mol. The Morgan fingerprint density at radius 2 is 1.74 bits per heavy atom. The van der Waals surface area contributed by atoms with E-state index in [1.807, 2.05) is 35.2 Å². The number of benzene rings is 1. The summed E-state index contributed by atoms with van der Waals surface area (Å²) in [6.07, 6.45) is 4.39. The molecule has 3 nitrogen and oxygen atoms in total. The van der Waals surface area contributed by atoms with Gasteiger partial charge in [-0.1, -0.05) is 30.3 Å². The van der Waals surface area contributed by atoms with Gasteiger partial charge in [0.2, 0.25) is 5.91 Å². The van der Waals surface area contributed by atoms with Crippen molar-refractivity contribution in [3.8, 4) is 0 Å². The Morgan fingerprint density at radius 1 is 1.05 bits per heavy atom. The predicted octanol–water partition coefficient (Wildman–Crippen LogP) is 2.67. The number of carbonyl (C=O) groups is 1. The van der Waals surface area contributed by atoms with E-state index in [1.165, 1.54) is 5.56 Å². The molecule has 2 aromatic rings. The van der Waals surface area contributed by atoms with E-state index in [0.717, 1.165) is 18.5 Å². The fourth-order valence-electron chi connectivity index (χ4n) is 1.97. The van der Waals surface area contributed by atoms with Crippen LogP contribution in [-0.4, -0.2) is 22.3 Å². The highest BCUT2D eigenvalue weighted by atomic mass is 16.2. The molecule has 1 aromatic carbocycles. The van der Waals surface area contributed by atoms with Crippen molar-refractivity contribution in [3.05, 3.63) is 66.0 Å². The van der Waals surface area contributed by atoms with Crippen molar-refractivity contribution in [2.24, 2.45) is 0 Å². The minimum absolute atomic E-state index is 0.104. The van der Waals surface area contributed by atoms with Gasteiger partial charge in [0.15, 0.2) is 0 Å². The Morgan fingerprint density at radius 3 is 2.37 bits per heavy atom. The fraction of sp³-hybridized carbons (Fsp3) is 0.250. The molecule has 0 saturated carbocycles. The molecular formula is C16H18N2O. The lowest BCUT2D eigenvalue weighted by atomic mass is 10.1. The summed E-state index contributed by atoms with van der Waals surface area (Å²) in [5.74, 6) is 0.104. The second kappa shape index (κ2) is 6.69. The third-order valence-electron chi connectivity index (χ3n) is 3.08. The molecule has 1 amide bonds. The lowest BCUT2D eigenvalue weighted by Crippen LogP contribution is -2.30. The highest BCUT2D eigenvalue weighted by Crippen LogP contribution is 2.06. The first-order valence-electron chi connectivity index (χ1n) is 6.44. The van der Waals surface area contributed by atoms with Gasteiger partial charge in [0.1, 0.15) is 0 Å². The lowest BCUT2D eigenvalue weighted by molar-refractivity contribution is -0.129. The summed E-state index contributed by atoms with van der Waals surface area (Å²) in [7, 11) is 0. The van der Waals surface area contributed by atoms with Crippen LogP contribution in [0.25, 0.3) is 0 Å². The van der Waals surface area contributed by atoms with Crippen LogP contribution in [0.15, 0.2) is 54.9 Å². The molecule has 19 heavy (non-hydrogen) atoms. The second-order valence-corrected chi connectivity index (χ2v) is 4.53. The molecule has 0 aliphatic heterocycles. The lowest BCUT2D eigenvalue weighted by Gasteiger charge is -2.21. The zero-order valence-corrected chi connectivity index (χ0v) is 11.1. The number of nitrogens with zero attached hydrogens (tertiary/aromatic N) is 2. The summed E-state index contributed by atoms with van der Waals surface area (Å²) in [5.41, 5.74) is 2.36. The van der Waals surface area contributed by atoms with E-state index in [4.69, 9.17) is 0 Å². The van der Waals surface area contributed by atoms with Crippen LogP contribution in [0, 0.1) is 0 Å². The van der Waals surface area contributed by atoms with Crippen molar-refractivity contribution in [1.82, 2.24) is 9.88 Å². The highest BCUT2D eigenvalue weighted by Gasteiger charge is 2.09. The Bertz CT molecular complexity index is 511. The zero-order valence-electron chi connectivity index (χ0n) is 11.1. The molecule has 0 fully saturated rings. The molecule has 1 heterocycles. The minimum Gasteiger partial charge on any atom is -0.338 e. The average Bonchev–Trinajstić information content (AvgIpc) is 2.45. The summed E-state index contributed by atoms with van der Waals surface area (Å²) in [4.78, 5) is 17.5. The van der Waals surface area contributed by atoms with Gasteiger partial charge in [-0.2, -0.15) is 0 Å². The van der Waals surface area contributed by atoms with Crippen molar-refractivity contribution in [3.63, 3.8) is 0 Å². The maximum absolute atomic E-state index is 11.7. The number of pyridine rings is 1. The van der Waals surface area contributed by atoms with Crippen LogP contribution < -0.4 is 0 Å². The van der Waals surface area contributed by atoms with E-state index in [2.05, 4.69) is 17.1 Å². The zero-order chi connectivity index (χ0) is 13.5. The molecule has 0 spiro atoms. The van der Waals surface area contributed by atoms with Crippen LogP contribution in [0.5, 0.6) is 0 Å². The molecule has 0 saturated heterocycles. The van der Waals surface area contributed by atoms with Crippen LogP contribution >= 0.6 is 0 Å². The van der Waals surface area contributed by atoms with Gasteiger partial charge in [0, 0.05) is 32.4 Å². The fourth-order valence-corrected chi connectivity index (χ4v) is 1.97. The van der Waals surface area contributed by atoms with Gasteiger partial charge in [0.25, 0.3) is 0 Å². The highest BCUT2D eigenvalue weighted by molar-refractivity contribution is 5.73. The number of aromatic nitrogens is 1. The van der Waals surface area contributed by atoms with E-state index in [0.29, 0.717) is 6.54 Å². The van der Waals surface area contributed by atoms with E-state index >= 15 is 0 Å². The number of carbonyl (C=O) groups excluding carboxylic acids is 1. The smallest absolute Gasteiger partial charge is 0.219 e. The van der Waals surface area contributed by atoms with Crippen molar-refractivity contribution in [1.29, 1.82) is 0 Å². The van der Waals surface area contributed by atoms with Crippen molar-refractivity contribution >= 4 is 5.91 Å². The van der Waals surface area contributed by atoms with Gasteiger partial charge in [-0.25, -0.2) is 0 Å². The van der Waals surface area contributed by atoms with Crippen LogP contribution in [0.2, 0.25) is 0 Å². The van der Waals surface area contributed by atoms with Gasteiger partial charge in [-0.05, 0) is 29.7 Å². The molecule has 0 radical (unpaired) electrons. The number of amides is 1. The minimum atomic E-state index is 0.104. The van der Waals surface area contributed by atoms with E-state index in [1.54, 1.807) is 19.3 Å². The van der Waals surface area contributed by atoms with Crippen LogP contribution in [0.3, 0.4) is 0 Å². The van der Waals surface area contributed by atoms with Crippen molar-refractivity contribution in [2.45, 2.75) is 19.9 Å². The van der Waals surface area contributed by atoms with Gasteiger partial charge in [-0.3, -0.25) is 9.78 Å². The second-order valence-electron chi connectivity index (χ2n) is 4.53.